The summed E-state index contributed by atoms with van der Waals surface area (Å²) >= 11 is 6.23. The number of rotatable bonds is 4. The highest BCUT2D eigenvalue weighted by Gasteiger charge is 2.18. The van der Waals surface area contributed by atoms with Crippen molar-refractivity contribution >= 4 is 23.2 Å². The Balaban J connectivity index is 1.99. The number of nitrogens with one attached hydrogen (secondary N) is 1. The molecule has 1 aromatic carbocycles. The third-order valence-electron chi connectivity index (χ3n) is 4.34. The van der Waals surface area contributed by atoms with Crippen LogP contribution in [0.3, 0.4) is 0 Å². The van der Waals surface area contributed by atoms with Crippen molar-refractivity contribution in [2.75, 3.05) is 26.0 Å². The van der Waals surface area contributed by atoms with E-state index in [0.717, 1.165) is 18.2 Å². The lowest BCUT2D eigenvalue weighted by Gasteiger charge is -2.26. The highest BCUT2D eigenvalue weighted by atomic mass is 35.5. The molecule has 1 aliphatic rings. The molecule has 1 fully saturated rings. The Morgan fingerprint density at radius 2 is 1.95 bits per heavy atom. The summed E-state index contributed by atoms with van der Waals surface area (Å²) in [7, 11) is 3.51. The lowest BCUT2D eigenvalue weighted by atomic mass is 9.83. The second-order valence-electron chi connectivity index (χ2n) is 6.40. The van der Waals surface area contributed by atoms with E-state index < -0.39 is 0 Å². The first kappa shape index (κ1) is 16.2. The average molecular weight is 309 g/mol. The Morgan fingerprint density at radius 1 is 1.29 bits per heavy atom. The number of carbonyl (C=O) groups is 1. The molecular weight excluding hydrogens is 284 g/mol. The molecular formula is C17H25ClN2O. The lowest BCUT2D eigenvalue weighted by molar-refractivity contribution is 0.0827. The van der Waals surface area contributed by atoms with Crippen LogP contribution in [0, 0.1) is 11.8 Å². The van der Waals surface area contributed by atoms with Crippen molar-refractivity contribution in [3.63, 3.8) is 0 Å². The first-order valence-corrected chi connectivity index (χ1v) is 8.10. The zero-order chi connectivity index (χ0) is 15.4. The molecule has 0 aromatic heterocycles. The first-order valence-electron chi connectivity index (χ1n) is 7.72. The lowest BCUT2D eigenvalue weighted by Crippen LogP contribution is -2.22. The van der Waals surface area contributed by atoms with Gasteiger partial charge in [-0.15, -0.1) is 0 Å². The van der Waals surface area contributed by atoms with Gasteiger partial charge in [0.2, 0.25) is 0 Å². The molecule has 0 saturated heterocycles. The van der Waals surface area contributed by atoms with Crippen molar-refractivity contribution in [1.29, 1.82) is 0 Å². The number of carbonyl (C=O) groups excluding carboxylic acids is 1. The summed E-state index contributed by atoms with van der Waals surface area (Å²) in [4.78, 5) is 13.6. The summed E-state index contributed by atoms with van der Waals surface area (Å²) in [5, 5.41) is 4.10. The largest absolute Gasteiger partial charge is 0.384 e. The molecule has 1 aromatic rings. The van der Waals surface area contributed by atoms with Crippen molar-refractivity contribution in [2.45, 2.75) is 32.6 Å². The molecule has 1 saturated carbocycles. The van der Waals surface area contributed by atoms with Gasteiger partial charge in [0.1, 0.15) is 0 Å². The van der Waals surface area contributed by atoms with Crippen LogP contribution in [0.4, 0.5) is 5.69 Å². The van der Waals surface area contributed by atoms with Crippen LogP contribution in [0.15, 0.2) is 18.2 Å². The van der Waals surface area contributed by atoms with E-state index in [1.54, 1.807) is 31.1 Å². The monoisotopic (exact) mass is 308 g/mol. The molecule has 0 heterocycles. The molecule has 0 aliphatic heterocycles. The molecule has 0 bridgehead atoms. The smallest absolute Gasteiger partial charge is 0.253 e. The van der Waals surface area contributed by atoms with E-state index in [1.165, 1.54) is 25.7 Å². The summed E-state index contributed by atoms with van der Waals surface area (Å²) in [6.45, 7) is 3.27. The van der Waals surface area contributed by atoms with Crippen molar-refractivity contribution in [2.24, 2.45) is 11.8 Å². The zero-order valence-corrected chi connectivity index (χ0v) is 13.9. The van der Waals surface area contributed by atoms with Gasteiger partial charge in [-0.05, 0) is 42.9 Å². The normalized spacial score (nSPS) is 21.9. The van der Waals surface area contributed by atoms with E-state index in [4.69, 9.17) is 11.6 Å². The molecule has 3 nitrogen and oxygen atoms in total. The van der Waals surface area contributed by atoms with Crippen LogP contribution in [0.25, 0.3) is 0 Å². The molecule has 0 atom stereocenters. The third kappa shape index (κ3) is 4.37. The van der Waals surface area contributed by atoms with Crippen LogP contribution in [-0.2, 0) is 0 Å². The predicted octanol–water partition coefficient (Wildman–Crippen LogP) is 4.28. The fourth-order valence-electron chi connectivity index (χ4n) is 2.84. The van der Waals surface area contributed by atoms with Gasteiger partial charge in [-0.2, -0.15) is 0 Å². The Morgan fingerprint density at radius 3 is 2.57 bits per heavy atom. The molecule has 0 spiro atoms. The van der Waals surface area contributed by atoms with Gasteiger partial charge in [0.15, 0.2) is 0 Å². The molecule has 116 valence electrons. The van der Waals surface area contributed by atoms with Crippen molar-refractivity contribution in [3.8, 4) is 0 Å². The van der Waals surface area contributed by atoms with E-state index in [2.05, 4.69) is 12.2 Å². The van der Waals surface area contributed by atoms with Gasteiger partial charge in [-0.25, -0.2) is 0 Å². The molecule has 1 aliphatic carbocycles. The van der Waals surface area contributed by atoms with Crippen LogP contribution < -0.4 is 5.32 Å². The number of halogens is 1. The molecule has 0 radical (unpaired) electrons. The fourth-order valence-corrected chi connectivity index (χ4v) is 3.02. The Kier molecular flexibility index (Phi) is 5.51. The highest BCUT2D eigenvalue weighted by Crippen LogP contribution is 2.30. The summed E-state index contributed by atoms with van der Waals surface area (Å²) < 4.78 is 0. The summed E-state index contributed by atoms with van der Waals surface area (Å²) in [5.41, 5.74) is 1.53. The van der Waals surface area contributed by atoms with Gasteiger partial charge in [0.25, 0.3) is 5.91 Å². The van der Waals surface area contributed by atoms with Crippen molar-refractivity contribution < 1.29 is 4.79 Å². The maximum Gasteiger partial charge on any atom is 0.253 e. The molecule has 1 N–H and O–H groups in total. The van der Waals surface area contributed by atoms with Gasteiger partial charge in [0.05, 0.1) is 10.7 Å². The molecule has 21 heavy (non-hydrogen) atoms. The van der Waals surface area contributed by atoms with E-state index in [0.29, 0.717) is 16.5 Å². The minimum Gasteiger partial charge on any atom is -0.384 e. The van der Waals surface area contributed by atoms with Gasteiger partial charge < -0.3 is 10.2 Å². The van der Waals surface area contributed by atoms with Crippen LogP contribution in [-0.4, -0.2) is 31.4 Å². The Hall–Kier alpha value is -1.22. The van der Waals surface area contributed by atoms with E-state index in [9.17, 15) is 4.79 Å². The van der Waals surface area contributed by atoms with Gasteiger partial charge in [-0.3, -0.25) is 4.79 Å². The van der Waals surface area contributed by atoms with E-state index in [-0.39, 0.29) is 5.91 Å². The van der Waals surface area contributed by atoms with Crippen LogP contribution >= 0.6 is 11.6 Å². The number of hydrogen-bond donors (Lipinski definition) is 1. The first-order chi connectivity index (χ1) is 9.97. The number of amides is 1. The van der Waals surface area contributed by atoms with Crippen LogP contribution in [0.2, 0.25) is 5.02 Å². The van der Waals surface area contributed by atoms with E-state index >= 15 is 0 Å². The Labute approximate surface area is 132 Å². The minimum atomic E-state index is 0.00112. The second kappa shape index (κ2) is 7.17. The zero-order valence-electron chi connectivity index (χ0n) is 13.2. The standard InChI is InChI=1S/C17H25ClN2O/c1-12-4-6-13(7-5-12)11-19-16-10-14(8-9-15(16)18)17(21)20(2)3/h8-10,12-13,19H,4-7,11H2,1-3H3. The minimum absolute atomic E-state index is 0.00112. The second-order valence-corrected chi connectivity index (χ2v) is 6.81. The maximum absolute atomic E-state index is 12.0. The Bertz CT molecular complexity index is 494. The van der Waals surface area contributed by atoms with Gasteiger partial charge >= 0.3 is 0 Å². The molecule has 0 unspecified atom stereocenters. The molecule has 2 rings (SSSR count). The maximum atomic E-state index is 12.0. The highest BCUT2D eigenvalue weighted by molar-refractivity contribution is 6.33. The topological polar surface area (TPSA) is 32.3 Å². The summed E-state index contributed by atoms with van der Waals surface area (Å²) in [6, 6.07) is 5.43. The van der Waals surface area contributed by atoms with Crippen LogP contribution in [0.5, 0.6) is 0 Å². The van der Waals surface area contributed by atoms with Crippen molar-refractivity contribution in [1.82, 2.24) is 4.90 Å². The quantitative estimate of drug-likeness (QED) is 0.900. The summed E-state index contributed by atoms with van der Waals surface area (Å²) in [6.07, 6.45) is 5.20. The number of anilines is 1. The predicted molar refractivity (Wildman–Crippen MR) is 89.1 cm³/mol. The number of benzene rings is 1. The van der Waals surface area contributed by atoms with Crippen molar-refractivity contribution in [3.05, 3.63) is 28.8 Å². The average Bonchev–Trinajstić information content (AvgIpc) is 2.47. The van der Waals surface area contributed by atoms with Gasteiger partial charge in [0, 0.05) is 26.2 Å². The SMILES string of the molecule is CC1CCC(CNc2cc(C(=O)N(C)C)ccc2Cl)CC1. The fraction of sp³-hybridized carbons (Fsp3) is 0.588. The number of hydrogen-bond acceptors (Lipinski definition) is 2. The van der Waals surface area contributed by atoms with Crippen LogP contribution in [0.1, 0.15) is 43.0 Å². The van der Waals surface area contributed by atoms with E-state index in [1.807, 2.05) is 6.07 Å². The summed E-state index contributed by atoms with van der Waals surface area (Å²) in [5.74, 6) is 1.58. The third-order valence-corrected chi connectivity index (χ3v) is 4.67. The van der Waals surface area contributed by atoms with Gasteiger partial charge in [-0.1, -0.05) is 31.4 Å². The molecule has 4 heteroatoms. The molecule has 1 amide bonds. The number of nitrogens with zero attached hydrogens (tertiary/aromatic N) is 1.